The third-order valence-electron chi connectivity index (χ3n) is 3.36. The van der Waals surface area contributed by atoms with Crippen molar-refractivity contribution in [1.82, 2.24) is 19.5 Å². The number of alkyl halides is 3. The van der Waals surface area contributed by atoms with Crippen LogP contribution in [0.4, 0.5) is 13.2 Å². The highest BCUT2D eigenvalue weighted by molar-refractivity contribution is 7.99. The molecule has 2 heterocycles. The zero-order valence-electron chi connectivity index (χ0n) is 13.4. The fourth-order valence-corrected chi connectivity index (χ4v) is 2.90. The van der Waals surface area contributed by atoms with Crippen molar-refractivity contribution in [2.45, 2.75) is 24.2 Å². The van der Waals surface area contributed by atoms with Crippen LogP contribution in [-0.4, -0.2) is 44.2 Å². The molecule has 0 bridgehead atoms. The number of hydrogen-bond donors (Lipinski definition) is 0. The van der Waals surface area contributed by atoms with Crippen LogP contribution in [0.15, 0.2) is 23.5 Å². The summed E-state index contributed by atoms with van der Waals surface area (Å²) in [5.41, 5.74) is -0.610. The molecule has 1 amide bonds. The van der Waals surface area contributed by atoms with Crippen LogP contribution in [0, 0.1) is 22.7 Å². The summed E-state index contributed by atoms with van der Waals surface area (Å²) in [5.74, 6) is -0.419. The van der Waals surface area contributed by atoms with Crippen LogP contribution in [0.3, 0.4) is 0 Å². The van der Waals surface area contributed by atoms with Crippen LogP contribution in [-0.2, 0) is 11.0 Å². The lowest BCUT2D eigenvalue weighted by Crippen LogP contribution is -2.34. The molecule has 0 aliphatic rings. The van der Waals surface area contributed by atoms with Crippen molar-refractivity contribution < 1.29 is 18.0 Å². The molecule has 26 heavy (non-hydrogen) atoms. The second-order valence-electron chi connectivity index (χ2n) is 5.11. The topological polar surface area (TPSA) is 98.1 Å². The second kappa shape index (κ2) is 8.54. The van der Waals surface area contributed by atoms with Crippen molar-refractivity contribution in [2.75, 3.05) is 18.8 Å². The first kappa shape index (κ1) is 19.5. The number of nitriles is 2. The summed E-state index contributed by atoms with van der Waals surface area (Å²) in [6, 6.07) is 5.97. The zero-order valence-corrected chi connectivity index (χ0v) is 14.2. The molecule has 0 saturated carbocycles. The third-order valence-corrected chi connectivity index (χ3v) is 4.29. The Kier molecular flexibility index (Phi) is 6.41. The minimum atomic E-state index is -4.50. The van der Waals surface area contributed by atoms with E-state index < -0.39 is 11.7 Å². The van der Waals surface area contributed by atoms with Gasteiger partial charge in [-0.25, -0.2) is 0 Å². The maximum Gasteiger partial charge on any atom is 0.417 e. The fourth-order valence-electron chi connectivity index (χ4n) is 2.08. The van der Waals surface area contributed by atoms with Crippen molar-refractivity contribution in [3.05, 3.63) is 23.9 Å². The SMILES string of the molecule is N#CCCN(CCC#N)C(=O)CSc1nnc2ccc(C(F)(F)F)cn12. The van der Waals surface area contributed by atoms with Gasteiger partial charge in [-0.2, -0.15) is 23.7 Å². The predicted octanol–water partition coefficient (Wildman–Crippen LogP) is 2.50. The monoisotopic (exact) mass is 382 g/mol. The van der Waals surface area contributed by atoms with Gasteiger partial charge in [0.15, 0.2) is 10.8 Å². The van der Waals surface area contributed by atoms with Crippen LogP contribution in [0.2, 0.25) is 0 Å². The van der Waals surface area contributed by atoms with E-state index in [4.69, 9.17) is 10.5 Å². The quantitative estimate of drug-likeness (QED) is 0.683. The third kappa shape index (κ3) is 4.86. The van der Waals surface area contributed by atoms with Gasteiger partial charge >= 0.3 is 6.18 Å². The van der Waals surface area contributed by atoms with E-state index in [-0.39, 0.29) is 48.4 Å². The Balaban J connectivity index is 2.11. The van der Waals surface area contributed by atoms with Crippen molar-refractivity contribution >= 4 is 23.3 Å². The average molecular weight is 382 g/mol. The van der Waals surface area contributed by atoms with Crippen LogP contribution in [0.5, 0.6) is 0 Å². The van der Waals surface area contributed by atoms with E-state index in [2.05, 4.69) is 10.2 Å². The Hall–Kier alpha value is -2.79. The minimum Gasteiger partial charge on any atom is -0.340 e. The van der Waals surface area contributed by atoms with E-state index in [1.165, 1.54) is 15.4 Å². The van der Waals surface area contributed by atoms with Gasteiger partial charge in [0.25, 0.3) is 0 Å². The number of aromatic nitrogens is 3. The number of rotatable bonds is 7. The molecule has 0 aromatic carbocycles. The maximum absolute atomic E-state index is 12.8. The molecule has 2 aromatic heterocycles. The van der Waals surface area contributed by atoms with Gasteiger partial charge in [0.1, 0.15) is 0 Å². The molecule has 0 aliphatic carbocycles. The molecule has 136 valence electrons. The molecule has 2 aromatic rings. The zero-order chi connectivity index (χ0) is 19.2. The van der Waals surface area contributed by atoms with Gasteiger partial charge < -0.3 is 4.90 Å². The van der Waals surface area contributed by atoms with Crippen molar-refractivity contribution in [3.63, 3.8) is 0 Å². The minimum absolute atomic E-state index is 0.0894. The van der Waals surface area contributed by atoms with E-state index in [1.54, 1.807) is 0 Å². The molecule has 11 heteroatoms. The molecule has 2 rings (SSSR count). The van der Waals surface area contributed by atoms with Gasteiger partial charge in [0.05, 0.1) is 36.3 Å². The van der Waals surface area contributed by atoms with E-state index in [9.17, 15) is 18.0 Å². The molecular weight excluding hydrogens is 369 g/mol. The summed E-state index contributed by atoms with van der Waals surface area (Å²) < 4.78 is 39.7. The molecule has 0 fully saturated rings. The predicted molar refractivity (Wildman–Crippen MR) is 85.8 cm³/mol. The lowest BCUT2D eigenvalue weighted by molar-refractivity contribution is -0.138. The second-order valence-corrected chi connectivity index (χ2v) is 6.05. The molecule has 7 nitrogen and oxygen atoms in total. The average Bonchev–Trinajstić information content (AvgIpc) is 3.01. The van der Waals surface area contributed by atoms with Crippen molar-refractivity contribution in [3.8, 4) is 12.1 Å². The van der Waals surface area contributed by atoms with E-state index >= 15 is 0 Å². The molecule has 0 radical (unpaired) electrons. The summed E-state index contributed by atoms with van der Waals surface area (Å²) in [6.45, 7) is 0.382. The normalized spacial score (nSPS) is 11.1. The van der Waals surface area contributed by atoms with Crippen LogP contribution >= 0.6 is 11.8 Å². The summed E-state index contributed by atoms with van der Waals surface area (Å²) in [6.07, 6.45) is -3.36. The van der Waals surface area contributed by atoms with Crippen LogP contribution in [0.1, 0.15) is 18.4 Å². The molecule has 0 N–H and O–H groups in total. The van der Waals surface area contributed by atoms with Gasteiger partial charge in [-0.1, -0.05) is 11.8 Å². The van der Waals surface area contributed by atoms with Gasteiger partial charge in [-0.3, -0.25) is 9.20 Å². The first-order valence-corrected chi connectivity index (χ1v) is 8.42. The Labute approximate surface area is 151 Å². The molecule has 0 atom stereocenters. The lowest BCUT2D eigenvalue weighted by atomic mass is 10.3. The number of amides is 1. The van der Waals surface area contributed by atoms with Crippen LogP contribution in [0.25, 0.3) is 5.65 Å². The fraction of sp³-hybridized carbons (Fsp3) is 0.400. The molecule has 0 spiro atoms. The number of carbonyl (C=O) groups is 1. The van der Waals surface area contributed by atoms with Crippen molar-refractivity contribution in [1.29, 1.82) is 10.5 Å². The number of halogens is 3. The Morgan fingerprint density at radius 3 is 2.42 bits per heavy atom. The van der Waals surface area contributed by atoms with Gasteiger partial charge in [0.2, 0.25) is 5.91 Å². The highest BCUT2D eigenvalue weighted by Gasteiger charge is 2.31. The smallest absolute Gasteiger partial charge is 0.340 e. The molecule has 0 unspecified atom stereocenters. The Morgan fingerprint density at radius 2 is 1.85 bits per heavy atom. The first-order chi connectivity index (χ1) is 12.4. The molecular formula is C15H13F3N6OS. The number of nitrogens with zero attached hydrogens (tertiary/aromatic N) is 6. The highest BCUT2D eigenvalue weighted by atomic mass is 32.2. The van der Waals surface area contributed by atoms with Crippen LogP contribution < -0.4 is 0 Å². The summed E-state index contributed by atoms with van der Waals surface area (Å²) in [7, 11) is 0. The summed E-state index contributed by atoms with van der Waals surface area (Å²) in [4.78, 5) is 13.6. The van der Waals surface area contributed by atoms with Gasteiger partial charge in [-0.15, -0.1) is 10.2 Å². The molecule has 0 aliphatic heterocycles. The number of thioether (sulfide) groups is 1. The Bertz CT molecular complexity index is 849. The molecule has 0 saturated heterocycles. The number of fused-ring (bicyclic) bond motifs is 1. The van der Waals surface area contributed by atoms with Crippen molar-refractivity contribution in [2.24, 2.45) is 0 Å². The summed E-state index contributed by atoms with van der Waals surface area (Å²) in [5, 5.41) is 25.0. The number of hydrogen-bond acceptors (Lipinski definition) is 6. The Morgan fingerprint density at radius 1 is 1.19 bits per heavy atom. The first-order valence-electron chi connectivity index (χ1n) is 7.43. The lowest BCUT2D eigenvalue weighted by Gasteiger charge is -2.19. The van der Waals surface area contributed by atoms with E-state index in [1.807, 2.05) is 12.1 Å². The number of carbonyl (C=O) groups excluding carboxylic acids is 1. The van der Waals surface area contributed by atoms with E-state index in [0.717, 1.165) is 24.0 Å². The maximum atomic E-state index is 12.8. The van der Waals surface area contributed by atoms with Gasteiger partial charge in [0, 0.05) is 19.3 Å². The standard InChI is InChI=1S/C15H13F3N6OS/c16-15(17,18)11-3-4-12-21-22-14(24(12)9-11)26-10-13(25)23(7-1-5-19)8-2-6-20/h3-4,9H,1-2,7-8,10H2. The largest absolute Gasteiger partial charge is 0.417 e. The number of pyridine rings is 1. The van der Waals surface area contributed by atoms with Gasteiger partial charge in [-0.05, 0) is 12.1 Å². The summed E-state index contributed by atoms with van der Waals surface area (Å²) >= 11 is 0.944. The van der Waals surface area contributed by atoms with E-state index in [0.29, 0.717) is 0 Å². The highest BCUT2D eigenvalue weighted by Crippen LogP contribution is 2.30.